The predicted octanol–water partition coefficient (Wildman–Crippen LogP) is 2.66. The van der Waals surface area contributed by atoms with E-state index in [1.807, 2.05) is 52.5 Å². The highest BCUT2D eigenvalue weighted by Gasteiger charge is 2.36. The normalized spacial score (nSPS) is 18.3. The van der Waals surface area contributed by atoms with E-state index in [2.05, 4.69) is 19.8 Å². The molecule has 0 atom stereocenters. The maximum Gasteiger partial charge on any atom is 0.257 e. The van der Waals surface area contributed by atoms with Crippen molar-refractivity contribution in [3.05, 3.63) is 54.5 Å². The fourth-order valence-electron chi connectivity index (χ4n) is 5.41. The zero-order chi connectivity index (χ0) is 25.4. The zero-order valence-electron chi connectivity index (χ0n) is 21.2. The van der Waals surface area contributed by atoms with Crippen LogP contribution in [-0.4, -0.2) is 91.0 Å². The van der Waals surface area contributed by atoms with Crippen LogP contribution >= 0.6 is 0 Å². The Balaban J connectivity index is 1.28. The first kappa shape index (κ1) is 23.5. The molecule has 2 saturated heterocycles. The topological polar surface area (TPSA) is 82.1 Å². The van der Waals surface area contributed by atoms with Crippen molar-refractivity contribution in [3.8, 4) is 5.75 Å². The molecule has 6 rings (SSSR count). The highest BCUT2D eigenvalue weighted by molar-refractivity contribution is 6.07. The fraction of sp³-hybridized carbons (Fsp3) is 0.429. The van der Waals surface area contributed by atoms with Crippen LogP contribution in [0, 0.1) is 5.92 Å². The van der Waals surface area contributed by atoms with Gasteiger partial charge in [0, 0.05) is 87.9 Å². The summed E-state index contributed by atoms with van der Waals surface area (Å²) in [5.74, 6) is 1.17. The van der Waals surface area contributed by atoms with Crippen LogP contribution < -0.4 is 14.5 Å². The Morgan fingerprint density at radius 1 is 0.865 bits per heavy atom. The Hall–Kier alpha value is -3.88. The molecule has 1 aliphatic carbocycles. The summed E-state index contributed by atoms with van der Waals surface area (Å²) < 4.78 is 5.52. The quantitative estimate of drug-likeness (QED) is 0.533. The number of benzene rings is 1. The number of amides is 2. The Bertz CT molecular complexity index is 1300. The summed E-state index contributed by atoms with van der Waals surface area (Å²) in [7, 11) is 1.65. The van der Waals surface area contributed by atoms with Gasteiger partial charge in [0.25, 0.3) is 5.91 Å². The number of aromatic nitrogens is 2. The fourth-order valence-corrected chi connectivity index (χ4v) is 5.41. The van der Waals surface area contributed by atoms with Crippen molar-refractivity contribution in [1.29, 1.82) is 0 Å². The Morgan fingerprint density at radius 3 is 2.22 bits per heavy atom. The number of ether oxygens (including phenoxy) is 1. The second-order valence-corrected chi connectivity index (χ2v) is 9.97. The first-order valence-electron chi connectivity index (χ1n) is 13.1. The molecule has 0 radical (unpaired) electrons. The van der Waals surface area contributed by atoms with E-state index in [9.17, 15) is 9.59 Å². The zero-order valence-corrected chi connectivity index (χ0v) is 21.2. The maximum atomic E-state index is 13.9. The van der Waals surface area contributed by atoms with Crippen LogP contribution in [0.25, 0.3) is 10.9 Å². The van der Waals surface area contributed by atoms with Crippen molar-refractivity contribution in [2.24, 2.45) is 5.92 Å². The molecular weight excluding hydrogens is 468 g/mol. The van der Waals surface area contributed by atoms with Crippen LogP contribution in [0.1, 0.15) is 23.2 Å². The molecule has 37 heavy (non-hydrogen) atoms. The summed E-state index contributed by atoms with van der Waals surface area (Å²) in [4.78, 5) is 43.6. The van der Waals surface area contributed by atoms with Gasteiger partial charge in [-0.2, -0.15) is 0 Å². The van der Waals surface area contributed by atoms with Crippen LogP contribution in [0.15, 0.2) is 48.9 Å². The molecule has 0 unspecified atom stereocenters. The molecule has 1 aromatic carbocycles. The van der Waals surface area contributed by atoms with Crippen molar-refractivity contribution in [3.63, 3.8) is 0 Å². The van der Waals surface area contributed by atoms with E-state index >= 15 is 0 Å². The molecule has 3 aromatic rings. The number of pyridine rings is 2. The third kappa shape index (κ3) is 4.65. The van der Waals surface area contributed by atoms with Gasteiger partial charge in [-0.25, -0.2) is 0 Å². The summed E-state index contributed by atoms with van der Waals surface area (Å²) in [6.45, 7) is 5.52. The van der Waals surface area contributed by atoms with E-state index in [1.165, 1.54) is 0 Å². The van der Waals surface area contributed by atoms with E-state index in [4.69, 9.17) is 4.74 Å². The predicted molar refractivity (Wildman–Crippen MR) is 142 cm³/mol. The number of fused-ring (bicyclic) bond motifs is 1. The number of rotatable bonds is 5. The van der Waals surface area contributed by atoms with Gasteiger partial charge in [-0.15, -0.1) is 0 Å². The molecule has 4 heterocycles. The van der Waals surface area contributed by atoms with Crippen molar-refractivity contribution >= 4 is 34.1 Å². The van der Waals surface area contributed by atoms with Crippen LogP contribution in [0.5, 0.6) is 5.75 Å². The molecule has 3 fully saturated rings. The average Bonchev–Trinajstić information content (AvgIpc) is 3.82. The first-order chi connectivity index (χ1) is 18.1. The molecule has 2 aliphatic heterocycles. The lowest BCUT2D eigenvalue weighted by Gasteiger charge is -2.39. The minimum atomic E-state index is -0.0256. The molecule has 2 amide bonds. The van der Waals surface area contributed by atoms with Crippen LogP contribution in [0.4, 0.5) is 11.4 Å². The van der Waals surface area contributed by atoms with Crippen molar-refractivity contribution in [2.45, 2.75) is 12.8 Å². The molecular formula is C28H32N6O3. The van der Waals surface area contributed by atoms with Gasteiger partial charge in [-0.1, -0.05) is 0 Å². The van der Waals surface area contributed by atoms with Crippen molar-refractivity contribution in [1.82, 2.24) is 19.8 Å². The Kier molecular flexibility index (Phi) is 6.28. The molecule has 1 saturated carbocycles. The summed E-state index contributed by atoms with van der Waals surface area (Å²) >= 11 is 0. The van der Waals surface area contributed by atoms with Gasteiger partial charge in [0.1, 0.15) is 5.75 Å². The van der Waals surface area contributed by atoms with Gasteiger partial charge in [-0.3, -0.25) is 19.6 Å². The number of nitrogens with zero attached hydrogens (tertiary/aromatic N) is 6. The lowest BCUT2D eigenvalue weighted by Crippen LogP contribution is -2.51. The number of piperazine rings is 2. The van der Waals surface area contributed by atoms with E-state index < -0.39 is 0 Å². The van der Waals surface area contributed by atoms with Gasteiger partial charge in [0.15, 0.2) is 0 Å². The highest BCUT2D eigenvalue weighted by Crippen LogP contribution is 2.35. The number of carbonyl (C=O) groups excluding carboxylic acids is 2. The first-order valence-corrected chi connectivity index (χ1v) is 13.1. The van der Waals surface area contributed by atoms with Crippen molar-refractivity contribution in [2.75, 3.05) is 69.3 Å². The number of methoxy groups -OCH3 is 1. The molecule has 0 spiro atoms. The molecule has 3 aliphatic rings. The summed E-state index contributed by atoms with van der Waals surface area (Å²) in [6, 6.07) is 9.89. The number of anilines is 2. The van der Waals surface area contributed by atoms with Gasteiger partial charge >= 0.3 is 0 Å². The van der Waals surface area contributed by atoms with Gasteiger partial charge < -0.3 is 24.3 Å². The number of carbonyl (C=O) groups is 2. The Morgan fingerprint density at radius 2 is 1.54 bits per heavy atom. The van der Waals surface area contributed by atoms with Gasteiger partial charge in [0.05, 0.1) is 23.9 Å². The van der Waals surface area contributed by atoms with Crippen LogP contribution in [0.3, 0.4) is 0 Å². The molecule has 192 valence electrons. The second-order valence-electron chi connectivity index (χ2n) is 9.97. The second kappa shape index (κ2) is 9.88. The third-order valence-electron chi connectivity index (χ3n) is 7.71. The smallest absolute Gasteiger partial charge is 0.257 e. The monoisotopic (exact) mass is 500 g/mol. The average molecular weight is 501 g/mol. The molecule has 9 heteroatoms. The lowest BCUT2D eigenvalue weighted by atomic mass is 10.0. The molecule has 2 aromatic heterocycles. The minimum Gasteiger partial charge on any atom is -0.497 e. The number of hydrogen-bond acceptors (Lipinski definition) is 7. The minimum absolute atomic E-state index is 0.0256. The highest BCUT2D eigenvalue weighted by atomic mass is 16.5. The lowest BCUT2D eigenvalue weighted by molar-refractivity contribution is -0.134. The van der Waals surface area contributed by atoms with Crippen LogP contribution in [0.2, 0.25) is 0 Å². The number of hydrogen-bond donors (Lipinski definition) is 0. The third-order valence-corrected chi connectivity index (χ3v) is 7.71. The Labute approximate surface area is 216 Å². The largest absolute Gasteiger partial charge is 0.497 e. The summed E-state index contributed by atoms with van der Waals surface area (Å²) in [6.07, 6.45) is 7.37. The van der Waals surface area contributed by atoms with Gasteiger partial charge in [-0.05, 0) is 43.2 Å². The molecule has 9 nitrogen and oxygen atoms in total. The van der Waals surface area contributed by atoms with E-state index in [0.29, 0.717) is 31.7 Å². The van der Waals surface area contributed by atoms with E-state index in [0.717, 1.165) is 67.0 Å². The van der Waals surface area contributed by atoms with E-state index in [-0.39, 0.29) is 17.7 Å². The summed E-state index contributed by atoms with van der Waals surface area (Å²) in [5, 5.41) is 0.921. The van der Waals surface area contributed by atoms with Crippen molar-refractivity contribution < 1.29 is 14.3 Å². The standard InChI is InChI=1S/C28H32N6O3/c1-37-22-4-5-25-23(18-22)26(32-12-10-31(11-13-32)21-6-8-29-9-7-21)24(19-30-25)28(36)34-16-14-33(15-17-34)27(35)20-2-3-20/h4-9,18-20H,2-3,10-17H2,1H3. The molecule has 0 bridgehead atoms. The van der Waals surface area contributed by atoms with Gasteiger partial charge in [0.2, 0.25) is 5.91 Å². The maximum absolute atomic E-state index is 13.9. The SMILES string of the molecule is COc1ccc2ncc(C(=O)N3CCN(C(=O)C4CC4)CC3)c(N3CCN(c4ccncc4)CC3)c2c1. The summed E-state index contributed by atoms with van der Waals surface area (Å²) in [5.41, 5.74) is 3.52. The van der Waals surface area contributed by atoms with Crippen LogP contribution in [-0.2, 0) is 4.79 Å². The molecule has 0 N–H and O–H groups in total. The van der Waals surface area contributed by atoms with E-state index in [1.54, 1.807) is 13.3 Å².